The van der Waals surface area contributed by atoms with Crippen LogP contribution in [0, 0.1) is 0 Å². The number of methoxy groups -OCH3 is 1. The molecule has 0 radical (unpaired) electrons. The molecule has 2 rings (SSSR count). The lowest BCUT2D eigenvalue weighted by atomic mass is 10.3. The molecule has 1 fully saturated rings. The monoisotopic (exact) mass is 354 g/mol. The smallest absolute Gasteiger partial charge is 0.358 e. The molecule has 2 heterocycles. The maximum Gasteiger partial charge on any atom is 0.358 e. The highest BCUT2D eigenvalue weighted by atomic mass is 32.2. The van der Waals surface area contributed by atoms with E-state index in [4.69, 9.17) is 0 Å². The van der Waals surface area contributed by atoms with Gasteiger partial charge in [0.25, 0.3) is 10.0 Å². The van der Waals surface area contributed by atoms with Gasteiger partial charge in [0.1, 0.15) is 0 Å². The zero-order valence-electron chi connectivity index (χ0n) is 11.3. The summed E-state index contributed by atoms with van der Waals surface area (Å²) in [6, 6.07) is -0.632. The van der Waals surface area contributed by atoms with Crippen molar-refractivity contribution < 1.29 is 26.4 Å². The number of aromatic nitrogens is 1. The largest absolute Gasteiger partial charge is 0.464 e. The van der Waals surface area contributed by atoms with Crippen molar-refractivity contribution in [1.82, 2.24) is 9.29 Å². The van der Waals surface area contributed by atoms with Crippen molar-refractivity contribution >= 4 is 37.2 Å². The van der Waals surface area contributed by atoms with Gasteiger partial charge in [-0.2, -0.15) is 4.31 Å². The van der Waals surface area contributed by atoms with Gasteiger partial charge in [0.05, 0.1) is 24.1 Å². The molecule has 0 amide bonds. The van der Waals surface area contributed by atoms with Gasteiger partial charge in [0.15, 0.2) is 19.7 Å². The van der Waals surface area contributed by atoms with Crippen LogP contribution in [0.25, 0.3) is 0 Å². The summed E-state index contributed by atoms with van der Waals surface area (Å²) in [6.07, 6.45) is 0.241. The van der Waals surface area contributed by atoms with Crippen LogP contribution < -0.4 is 0 Å². The zero-order chi connectivity index (χ0) is 15.8. The Morgan fingerprint density at radius 1 is 1.52 bits per heavy atom. The van der Waals surface area contributed by atoms with Crippen molar-refractivity contribution in [3.63, 3.8) is 0 Å². The highest BCUT2D eigenvalue weighted by molar-refractivity contribution is 7.92. The minimum atomic E-state index is -3.99. The van der Waals surface area contributed by atoms with Gasteiger partial charge < -0.3 is 4.74 Å². The number of carbonyl (C=O) groups is 1. The summed E-state index contributed by atoms with van der Waals surface area (Å²) >= 11 is 0.796. The van der Waals surface area contributed by atoms with Gasteiger partial charge in [-0.1, -0.05) is 0 Å². The molecular formula is C10H14N2O6S3. The van der Waals surface area contributed by atoms with Crippen LogP contribution in [0.1, 0.15) is 16.9 Å². The van der Waals surface area contributed by atoms with Crippen molar-refractivity contribution in [2.24, 2.45) is 0 Å². The lowest BCUT2D eigenvalue weighted by Gasteiger charge is -2.22. The maximum absolute atomic E-state index is 12.5. The van der Waals surface area contributed by atoms with Gasteiger partial charge in [-0.15, -0.1) is 11.3 Å². The second-order valence-electron chi connectivity index (χ2n) is 4.56. The van der Waals surface area contributed by atoms with E-state index in [9.17, 15) is 21.6 Å². The first-order chi connectivity index (χ1) is 9.69. The van der Waals surface area contributed by atoms with E-state index in [0.717, 1.165) is 22.8 Å². The van der Waals surface area contributed by atoms with Crippen LogP contribution in [-0.4, -0.2) is 63.8 Å². The zero-order valence-corrected chi connectivity index (χ0v) is 13.8. The van der Waals surface area contributed by atoms with E-state index in [0.29, 0.717) is 0 Å². The van der Waals surface area contributed by atoms with Crippen LogP contribution in [0.3, 0.4) is 0 Å². The summed E-state index contributed by atoms with van der Waals surface area (Å²) < 4.78 is 53.3. The Morgan fingerprint density at radius 3 is 2.71 bits per heavy atom. The van der Waals surface area contributed by atoms with Crippen LogP contribution in [0.15, 0.2) is 9.72 Å². The second-order valence-corrected chi connectivity index (χ2v) is 9.83. The van der Waals surface area contributed by atoms with Gasteiger partial charge in [0.2, 0.25) is 0 Å². The highest BCUT2D eigenvalue weighted by Crippen LogP contribution is 2.28. The number of sulfonamides is 1. The quantitative estimate of drug-likeness (QED) is 0.685. The number of esters is 1. The van der Waals surface area contributed by atoms with Crippen LogP contribution in [0.4, 0.5) is 0 Å². The van der Waals surface area contributed by atoms with Crippen LogP contribution in [0.5, 0.6) is 0 Å². The van der Waals surface area contributed by atoms with Crippen molar-refractivity contribution in [2.75, 3.05) is 25.7 Å². The Kier molecular flexibility index (Phi) is 4.38. The lowest BCUT2D eigenvalue weighted by Crippen LogP contribution is -2.38. The third kappa shape index (κ3) is 3.10. The summed E-state index contributed by atoms with van der Waals surface area (Å²) in [4.78, 5) is 15.2. The van der Waals surface area contributed by atoms with Crippen LogP contribution in [-0.2, 0) is 24.6 Å². The molecular weight excluding hydrogens is 340 g/mol. The molecule has 0 bridgehead atoms. The van der Waals surface area contributed by atoms with E-state index >= 15 is 0 Å². The van der Waals surface area contributed by atoms with Crippen LogP contribution >= 0.6 is 11.3 Å². The van der Waals surface area contributed by atoms with Gasteiger partial charge in [-0.3, -0.25) is 0 Å². The number of carbonyl (C=O) groups excluding carboxylic acids is 1. The van der Waals surface area contributed by atoms with Crippen molar-refractivity contribution in [3.05, 3.63) is 11.2 Å². The molecule has 1 aromatic heterocycles. The fourth-order valence-corrected chi connectivity index (χ4v) is 6.59. The molecule has 1 aliphatic rings. The average molecular weight is 354 g/mol. The summed E-state index contributed by atoms with van der Waals surface area (Å²) in [6.45, 7) is 0. The average Bonchev–Trinajstić information content (AvgIpc) is 3.03. The van der Waals surface area contributed by atoms with Gasteiger partial charge >= 0.3 is 5.97 Å². The summed E-state index contributed by atoms with van der Waals surface area (Å²) in [7, 11) is -4.76. The van der Waals surface area contributed by atoms with E-state index < -0.39 is 31.9 Å². The maximum atomic E-state index is 12.5. The fourth-order valence-electron chi connectivity index (χ4n) is 2.04. The number of ether oxygens (including phenoxy) is 1. The molecule has 8 nitrogen and oxygen atoms in total. The summed E-state index contributed by atoms with van der Waals surface area (Å²) in [5.41, 5.74) is 0.952. The third-order valence-electron chi connectivity index (χ3n) is 3.25. The number of rotatable bonds is 4. The van der Waals surface area contributed by atoms with Crippen LogP contribution in [0.2, 0.25) is 0 Å². The van der Waals surface area contributed by atoms with E-state index in [1.54, 1.807) is 0 Å². The predicted molar refractivity (Wildman–Crippen MR) is 75.5 cm³/mol. The van der Waals surface area contributed by atoms with Gasteiger partial charge in [-0.05, 0) is 6.42 Å². The molecule has 1 aromatic rings. The topological polar surface area (TPSA) is 111 Å². The molecule has 0 saturated carbocycles. The minimum absolute atomic E-state index is 0.0376. The molecule has 1 unspecified atom stereocenters. The molecule has 21 heavy (non-hydrogen) atoms. The first-order valence-corrected chi connectivity index (χ1v) is 10.0. The normalized spacial score (nSPS) is 21.6. The molecule has 0 aliphatic carbocycles. The molecule has 118 valence electrons. The number of nitrogens with zero attached hydrogens (tertiary/aromatic N) is 2. The number of hydrogen-bond donors (Lipinski definition) is 0. The molecule has 0 spiro atoms. The van der Waals surface area contributed by atoms with Gasteiger partial charge in [-0.25, -0.2) is 26.6 Å². The Balaban J connectivity index is 2.35. The number of sulfone groups is 1. The van der Waals surface area contributed by atoms with Crippen molar-refractivity contribution in [3.8, 4) is 0 Å². The van der Waals surface area contributed by atoms with E-state index in [2.05, 4.69) is 9.72 Å². The standard InChI is InChI=1S/C10H14N2O6S3/c1-12(7-3-4-20(14,15)5-7)21(16,17)10-8(9(13)18-2)11-6-19-10/h6-7H,3-5H2,1-2H3. The van der Waals surface area contributed by atoms with Gasteiger partial charge in [0, 0.05) is 13.1 Å². The molecule has 0 aromatic carbocycles. The molecule has 1 atom stereocenters. The molecule has 11 heteroatoms. The third-order valence-corrected chi connectivity index (χ3v) is 8.26. The molecule has 1 saturated heterocycles. The molecule has 1 aliphatic heterocycles. The van der Waals surface area contributed by atoms with E-state index in [1.165, 1.54) is 12.6 Å². The Bertz CT molecular complexity index is 752. The Morgan fingerprint density at radius 2 is 2.19 bits per heavy atom. The molecule has 0 N–H and O–H groups in total. The first kappa shape index (κ1) is 16.3. The minimum Gasteiger partial charge on any atom is -0.464 e. The Labute approximate surface area is 126 Å². The lowest BCUT2D eigenvalue weighted by molar-refractivity contribution is 0.0590. The highest BCUT2D eigenvalue weighted by Gasteiger charge is 2.39. The number of hydrogen-bond acceptors (Lipinski definition) is 8. The Hall–Kier alpha value is -1.04. The summed E-state index contributed by atoms with van der Waals surface area (Å²) in [5, 5.41) is 0. The summed E-state index contributed by atoms with van der Waals surface area (Å²) in [5.74, 6) is -1.10. The number of thiazole rings is 1. The predicted octanol–water partition coefficient (Wildman–Crippen LogP) is -0.263. The van der Waals surface area contributed by atoms with Crippen molar-refractivity contribution in [1.29, 1.82) is 0 Å². The van der Waals surface area contributed by atoms with E-state index in [1.807, 2.05) is 0 Å². The second kappa shape index (κ2) is 5.63. The van der Waals surface area contributed by atoms with Crippen molar-refractivity contribution in [2.45, 2.75) is 16.7 Å². The van der Waals surface area contributed by atoms with E-state index in [-0.39, 0.29) is 27.8 Å². The first-order valence-electron chi connectivity index (χ1n) is 5.89. The SMILES string of the molecule is COC(=O)c1ncsc1S(=O)(=O)N(C)C1CCS(=O)(=O)C1. The fraction of sp³-hybridized carbons (Fsp3) is 0.600.